The molecule has 1 N–H and O–H groups in total. The highest BCUT2D eigenvalue weighted by Crippen LogP contribution is 2.21. The van der Waals surface area contributed by atoms with Crippen LogP contribution in [0, 0.1) is 13.8 Å². The number of rotatable bonds is 8. The molecule has 1 aliphatic heterocycles. The summed E-state index contributed by atoms with van der Waals surface area (Å²) in [5.41, 5.74) is 4.71. The van der Waals surface area contributed by atoms with Crippen molar-refractivity contribution in [3.8, 4) is 11.5 Å². The third-order valence-corrected chi connectivity index (χ3v) is 6.57. The maximum Gasteiger partial charge on any atom is 0.244 e. The second kappa shape index (κ2) is 11.3. The van der Waals surface area contributed by atoms with Gasteiger partial charge in [-0.3, -0.25) is 14.5 Å². The van der Waals surface area contributed by atoms with E-state index in [1.807, 2.05) is 48.7 Å². The third-order valence-electron chi connectivity index (χ3n) is 6.57. The number of anilines is 2. The zero-order valence-electron chi connectivity index (χ0n) is 21.4. The number of hydrogen-bond donors (Lipinski definition) is 1. The van der Waals surface area contributed by atoms with Crippen LogP contribution in [0.1, 0.15) is 16.8 Å². The van der Waals surface area contributed by atoms with Gasteiger partial charge in [-0.05, 0) is 49.7 Å². The van der Waals surface area contributed by atoms with Crippen molar-refractivity contribution in [2.24, 2.45) is 0 Å². The number of aryl methyl sites for hydroxylation is 2. The van der Waals surface area contributed by atoms with Gasteiger partial charge in [0.15, 0.2) is 5.75 Å². The van der Waals surface area contributed by atoms with E-state index in [-0.39, 0.29) is 23.6 Å². The number of amides is 1. The predicted molar refractivity (Wildman–Crippen MR) is 142 cm³/mol. The fourth-order valence-electron chi connectivity index (χ4n) is 4.52. The Morgan fingerprint density at radius 2 is 1.67 bits per heavy atom. The lowest BCUT2D eigenvalue weighted by atomic mass is 10.1. The molecule has 3 aromatic rings. The van der Waals surface area contributed by atoms with Crippen LogP contribution >= 0.6 is 0 Å². The summed E-state index contributed by atoms with van der Waals surface area (Å²) in [6.45, 7) is 8.11. The predicted octanol–water partition coefficient (Wildman–Crippen LogP) is 3.44. The topological polar surface area (TPSA) is 76.0 Å². The molecule has 0 bridgehead atoms. The van der Waals surface area contributed by atoms with E-state index >= 15 is 0 Å². The number of nitrogens with one attached hydrogen (secondary N) is 1. The Balaban J connectivity index is 1.44. The molecule has 1 amide bonds. The molecule has 1 aromatic heterocycles. The third kappa shape index (κ3) is 6.07. The van der Waals surface area contributed by atoms with Gasteiger partial charge in [-0.25, -0.2) is 0 Å². The normalized spacial score (nSPS) is 13.9. The van der Waals surface area contributed by atoms with Crippen LogP contribution in [0.2, 0.25) is 0 Å². The molecule has 1 aliphatic rings. The van der Waals surface area contributed by atoms with Crippen molar-refractivity contribution in [2.45, 2.75) is 26.9 Å². The van der Waals surface area contributed by atoms with Crippen LogP contribution in [0.3, 0.4) is 0 Å². The van der Waals surface area contributed by atoms with E-state index in [4.69, 9.17) is 9.47 Å². The Morgan fingerprint density at radius 3 is 2.31 bits per heavy atom. The van der Waals surface area contributed by atoms with Gasteiger partial charge in [-0.15, -0.1) is 0 Å². The van der Waals surface area contributed by atoms with E-state index in [1.165, 1.54) is 12.8 Å². The Labute approximate surface area is 212 Å². The van der Waals surface area contributed by atoms with Gasteiger partial charge in [-0.1, -0.05) is 17.7 Å². The number of carbonyl (C=O) groups excluding carboxylic acids is 1. The number of piperazine rings is 1. The summed E-state index contributed by atoms with van der Waals surface area (Å²) in [4.78, 5) is 30.1. The van der Waals surface area contributed by atoms with Crippen LogP contribution < -0.4 is 25.1 Å². The number of methoxy groups -OCH3 is 2. The van der Waals surface area contributed by atoms with E-state index in [0.717, 1.165) is 54.4 Å². The van der Waals surface area contributed by atoms with Crippen LogP contribution in [-0.4, -0.2) is 55.8 Å². The first-order chi connectivity index (χ1) is 17.4. The molecule has 1 saturated heterocycles. The lowest BCUT2D eigenvalue weighted by Crippen LogP contribution is -2.46. The van der Waals surface area contributed by atoms with Crippen molar-refractivity contribution in [3.05, 3.63) is 81.8 Å². The molecule has 8 nitrogen and oxygen atoms in total. The van der Waals surface area contributed by atoms with E-state index in [2.05, 4.69) is 27.2 Å². The van der Waals surface area contributed by atoms with Gasteiger partial charge in [0.2, 0.25) is 11.3 Å². The summed E-state index contributed by atoms with van der Waals surface area (Å²) in [6.07, 6.45) is 1.63. The summed E-state index contributed by atoms with van der Waals surface area (Å²) < 4.78 is 12.3. The molecule has 1 fully saturated rings. The first kappa shape index (κ1) is 25.3. The summed E-state index contributed by atoms with van der Waals surface area (Å²) in [5.74, 6) is 0.914. The standard InChI is InChI=1S/C28H34N4O4/c1-20-5-10-25(21(2)15-20)29-28(34)19-32-18-27(36-4)26(33)16-23(32)17-30-11-13-31(14-12-30)22-6-8-24(35-3)9-7-22/h5-10,15-16,18H,11-14,17,19H2,1-4H3,(H,29,34). The fourth-order valence-corrected chi connectivity index (χ4v) is 4.52. The van der Waals surface area contributed by atoms with Crippen LogP contribution in [0.15, 0.2) is 59.5 Å². The highest BCUT2D eigenvalue weighted by molar-refractivity contribution is 5.91. The SMILES string of the molecule is COc1ccc(N2CCN(Cc3cc(=O)c(OC)cn3CC(=O)Nc3ccc(C)cc3C)CC2)cc1. The van der Waals surface area contributed by atoms with Gasteiger partial charge in [0.1, 0.15) is 12.3 Å². The molecule has 2 heterocycles. The summed E-state index contributed by atoms with van der Waals surface area (Å²) in [6, 6.07) is 15.6. The molecular weight excluding hydrogens is 456 g/mol. The average Bonchev–Trinajstić information content (AvgIpc) is 2.88. The largest absolute Gasteiger partial charge is 0.497 e. The van der Waals surface area contributed by atoms with Crippen molar-refractivity contribution < 1.29 is 14.3 Å². The molecule has 190 valence electrons. The second-order valence-electron chi connectivity index (χ2n) is 9.15. The Kier molecular flexibility index (Phi) is 7.95. The minimum atomic E-state index is -0.185. The Morgan fingerprint density at radius 1 is 0.944 bits per heavy atom. The molecule has 0 saturated carbocycles. The average molecular weight is 491 g/mol. The van der Waals surface area contributed by atoms with E-state index in [1.54, 1.807) is 19.4 Å². The molecule has 36 heavy (non-hydrogen) atoms. The highest BCUT2D eigenvalue weighted by atomic mass is 16.5. The second-order valence-corrected chi connectivity index (χ2v) is 9.15. The van der Waals surface area contributed by atoms with Crippen LogP contribution in [0.4, 0.5) is 11.4 Å². The van der Waals surface area contributed by atoms with Gasteiger partial charge in [-0.2, -0.15) is 0 Å². The molecular formula is C28H34N4O4. The minimum Gasteiger partial charge on any atom is -0.497 e. The summed E-state index contributed by atoms with van der Waals surface area (Å²) >= 11 is 0. The number of pyridine rings is 1. The first-order valence-electron chi connectivity index (χ1n) is 12.1. The molecule has 0 aliphatic carbocycles. The van der Waals surface area contributed by atoms with Crippen molar-refractivity contribution in [3.63, 3.8) is 0 Å². The molecule has 0 atom stereocenters. The number of ether oxygens (including phenoxy) is 2. The van der Waals surface area contributed by atoms with Crippen LogP contribution in [0.25, 0.3) is 0 Å². The lowest BCUT2D eigenvalue weighted by molar-refractivity contribution is -0.116. The van der Waals surface area contributed by atoms with E-state index < -0.39 is 0 Å². The number of benzene rings is 2. The zero-order chi connectivity index (χ0) is 25.7. The molecule has 8 heteroatoms. The van der Waals surface area contributed by atoms with Gasteiger partial charge in [0.05, 0.1) is 20.4 Å². The van der Waals surface area contributed by atoms with E-state index in [9.17, 15) is 9.59 Å². The van der Waals surface area contributed by atoms with E-state index in [0.29, 0.717) is 6.54 Å². The van der Waals surface area contributed by atoms with Crippen molar-refractivity contribution in [1.29, 1.82) is 0 Å². The maximum atomic E-state index is 12.9. The van der Waals surface area contributed by atoms with Crippen LogP contribution in [-0.2, 0) is 17.9 Å². The smallest absolute Gasteiger partial charge is 0.244 e. The quantitative estimate of drug-likeness (QED) is 0.521. The minimum absolute atomic E-state index is 0.0884. The first-order valence-corrected chi connectivity index (χ1v) is 12.1. The maximum absolute atomic E-state index is 12.9. The zero-order valence-corrected chi connectivity index (χ0v) is 21.4. The molecule has 2 aromatic carbocycles. The Hall–Kier alpha value is -3.78. The summed E-state index contributed by atoms with van der Waals surface area (Å²) in [7, 11) is 3.13. The number of hydrogen-bond acceptors (Lipinski definition) is 6. The molecule has 0 unspecified atom stereocenters. The fraction of sp³-hybridized carbons (Fsp3) is 0.357. The van der Waals surface area contributed by atoms with Gasteiger partial charge in [0, 0.05) is 55.9 Å². The van der Waals surface area contributed by atoms with Crippen molar-refractivity contribution >= 4 is 17.3 Å². The van der Waals surface area contributed by atoms with Crippen LogP contribution in [0.5, 0.6) is 11.5 Å². The number of carbonyl (C=O) groups is 1. The molecule has 0 radical (unpaired) electrons. The lowest BCUT2D eigenvalue weighted by Gasteiger charge is -2.36. The Bertz CT molecular complexity index is 1260. The van der Waals surface area contributed by atoms with Gasteiger partial charge < -0.3 is 24.3 Å². The summed E-state index contributed by atoms with van der Waals surface area (Å²) in [5, 5.41) is 2.99. The van der Waals surface area contributed by atoms with Crippen molar-refractivity contribution in [2.75, 3.05) is 50.6 Å². The monoisotopic (exact) mass is 490 g/mol. The van der Waals surface area contributed by atoms with Gasteiger partial charge in [0.25, 0.3) is 0 Å². The van der Waals surface area contributed by atoms with Gasteiger partial charge >= 0.3 is 0 Å². The molecule has 4 rings (SSSR count). The van der Waals surface area contributed by atoms with Crippen molar-refractivity contribution in [1.82, 2.24) is 9.47 Å². The number of aromatic nitrogens is 1. The highest BCUT2D eigenvalue weighted by Gasteiger charge is 2.20. The molecule has 0 spiro atoms. The number of nitrogens with zero attached hydrogens (tertiary/aromatic N) is 3.